The summed E-state index contributed by atoms with van der Waals surface area (Å²) in [6, 6.07) is 2.19. The molecule has 0 amide bonds. The quantitative estimate of drug-likeness (QED) is 0.622. The van der Waals surface area contributed by atoms with E-state index < -0.39 is 0 Å². The first-order chi connectivity index (χ1) is 9.17. The van der Waals surface area contributed by atoms with Gasteiger partial charge in [-0.15, -0.1) is 11.3 Å². The van der Waals surface area contributed by atoms with Crippen molar-refractivity contribution < 1.29 is 4.74 Å². The lowest BCUT2D eigenvalue weighted by Gasteiger charge is -2.17. The number of thiophene rings is 1. The predicted octanol–water partition coefficient (Wildman–Crippen LogP) is 1.68. The van der Waals surface area contributed by atoms with Crippen molar-refractivity contribution in [2.45, 2.75) is 32.4 Å². The molecule has 2 rings (SSSR count). The third kappa shape index (κ3) is 2.94. The molecule has 2 aromatic rings. The Labute approximate surface area is 116 Å². The van der Waals surface area contributed by atoms with Gasteiger partial charge in [-0.1, -0.05) is 0 Å². The fourth-order valence-electron chi connectivity index (χ4n) is 1.99. The SMILES string of the molecule is COc1ccsc1C(Cc1ncnn1C(C)C)NN. The van der Waals surface area contributed by atoms with Crippen LogP contribution in [0.3, 0.4) is 0 Å². The van der Waals surface area contributed by atoms with Gasteiger partial charge in [0.1, 0.15) is 17.9 Å². The van der Waals surface area contributed by atoms with Crippen LogP contribution in [0.25, 0.3) is 0 Å². The largest absolute Gasteiger partial charge is 0.496 e. The standard InChI is InChI=1S/C12H19N5OS/c1-8(2)17-11(14-7-15-17)6-9(16-13)12-10(18-3)4-5-19-12/h4-5,7-9,16H,6,13H2,1-3H3. The molecule has 2 heterocycles. The van der Waals surface area contributed by atoms with Gasteiger partial charge in [0.15, 0.2) is 0 Å². The van der Waals surface area contributed by atoms with Gasteiger partial charge in [-0.2, -0.15) is 5.10 Å². The van der Waals surface area contributed by atoms with Crippen LogP contribution >= 0.6 is 11.3 Å². The van der Waals surface area contributed by atoms with Crippen molar-refractivity contribution in [3.63, 3.8) is 0 Å². The molecule has 0 fully saturated rings. The molecule has 0 saturated heterocycles. The fourth-order valence-corrected chi connectivity index (χ4v) is 2.91. The predicted molar refractivity (Wildman–Crippen MR) is 75.0 cm³/mol. The van der Waals surface area contributed by atoms with E-state index in [2.05, 4.69) is 29.4 Å². The summed E-state index contributed by atoms with van der Waals surface area (Å²) in [5, 5.41) is 6.23. The van der Waals surface area contributed by atoms with Crippen LogP contribution in [0, 0.1) is 0 Å². The van der Waals surface area contributed by atoms with Crippen molar-refractivity contribution in [2.75, 3.05) is 7.11 Å². The Hall–Kier alpha value is -1.44. The van der Waals surface area contributed by atoms with Gasteiger partial charge in [0.2, 0.25) is 0 Å². The van der Waals surface area contributed by atoms with Gasteiger partial charge >= 0.3 is 0 Å². The minimum absolute atomic E-state index is 0.0309. The second kappa shape index (κ2) is 6.14. The maximum absolute atomic E-state index is 5.67. The molecule has 0 aliphatic carbocycles. The van der Waals surface area contributed by atoms with E-state index in [1.807, 2.05) is 16.1 Å². The van der Waals surface area contributed by atoms with Crippen molar-refractivity contribution in [1.82, 2.24) is 20.2 Å². The van der Waals surface area contributed by atoms with Crippen LogP contribution in [0.1, 0.15) is 36.6 Å². The Morgan fingerprint density at radius 2 is 2.32 bits per heavy atom. The number of methoxy groups -OCH3 is 1. The molecule has 0 aliphatic heterocycles. The summed E-state index contributed by atoms with van der Waals surface area (Å²) in [6.07, 6.45) is 2.25. The average molecular weight is 281 g/mol. The molecule has 19 heavy (non-hydrogen) atoms. The van der Waals surface area contributed by atoms with Gasteiger partial charge < -0.3 is 4.74 Å². The van der Waals surface area contributed by atoms with Crippen LogP contribution in [0.2, 0.25) is 0 Å². The summed E-state index contributed by atoms with van der Waals surface area (Å²) in [5.41, 5.74) is 2.83. The zero-order valence-electron chi connectivity index (χ0n) is 11.3. The topological polar surface area (TPSA) is 78.0 Å². The van der Waals surface area contributed by atoms with Crippen LogP contribution in [0.15, 0.2) is 17.8 Å². The Kier molecular flexibility index (Phi) is 4.52. The zero-order valence-corrected chi connectivity index (χ0v) is 12.1. The average Bonchev–Trinajstić information content (AvgIpc) is 3.04. The monoisotopic (exact) mass is 281 g/mol. The highest BCUT2D eigenvalue weighted by Gasteiger charge is 2.20. The van der Waals surface area contributed by atoms with E-state index in [1.165, 1.54) is 0 Å². The van der Waals surface area contributed by atoms with Crippen LogP contribution in [-0.4, -0.2) is 21.9 Å². The number of hydrazine groups is 1. The van der Waals surface area contributed by atoms with Gasteiger partial charge in [-0.25, -0.2) is 9.67 Å². The third-order valence-electron chi connectivity index (χ3n) is 2.92. The van der Waals surface area contributed by atoms with Crippen LogP contribution in [0.5, 0.6) is 5.75 Å². The van der Waals surface area contributed by atoms with Crippen molar-refractivity contribution in [1.29, 1.82) is 0 Å². The Morgan fingerprint density at radius 1 is 1.53 bits per heavy atom. The van der Waals surface area contributed by atoms with E-state index in [9.17, 15) is 0 Å². The lowest BCUT2D eigenvalue weighted by Crippen LogP contribution is -2.30. The number of hydrogen-bond donors (Lipinski definition) is 2. The first-order valence-electron chi connectivity index (χ1n) is 6.13. The second-order valence-electron chi connectivity index (χ2n) is 4.49. The fraction of sp³-hybridized carbons (Fsp3) is 0.500. The van der Waals surface area contributed by atoms with Crippen LogP contribution < -0.4 is 16.0 Å². The van der Waals surface area contributed by atoms with Gasteiger partial charge in [0.25, 0.3) is 0 Å². The molecule has 3 N–H and O–H groups in total. The number of ether oxygens (including phenoxy) is 1. The van der Waals surface area contributed by atoms with Crippen molar-refractivity contribution in [3.8, 4) is 5.75 Å². The highest BCUT2D eigenvalue weighted by Crippen LogP contribution is 2.32. The number of hydrogen-bond acceptors (Lipinski definition) is 6. The van der Waals surface area contributed by atoms with Crippen molar-refractivity contribution in [3.05, 3.63) is 28.5 Å². The molecule has 7 heteroatoms. The van der Waals surface area contributed by atoms with Gasteiger partial charge in [-0.05, 0) is 25.3 Å². The molecule has 104 valence electrons. The summed E-state index contributed by atoms with van der Waals surface area (Å²) in [5.74, 6) is 7.44. The molecule has 0 aromatic carbocycles. The zero-order chi connectivity index (χ0) is 13.8. The first-order valence-corrected chi connectivity index (χ1v) is 7.01. The molecular weight excluding hydrogens is 262 g/mol. The number of nitrogens with one attached hydrogen (secondary N) is 1. The maximum Gasteiger partial charge on any atom is 0.138 e. The minimum atomic E-state index is -0.0309. The number of rotatable bonds is 6. The van der Waals surface area contributed by atoms with Gasteiger partial charge in [-0.3, -0.25) is 11.3 Å². The molecule has 2 aromatic heterocycles. The third-order valence-corrected chi connectivity index (χ3v) is 3.93. The maximum atomic E-state index is 5.67. The summed E-state index contributed by atoms with van der Waals surface area (Å²) in [6.45, 7) is 4.16. The minimum Gasteiger partial charge on any atom is -0.496 e. The summed E-state index contributed by atoms with van der Waals surface area (Å²) in [7, 11) is 1.66. The highest BCUT2D eigenvalue weighted by atomic mass is 32.1. The van der Waals surface area contributed by atoms with E-state index >= 15 is 0 Å². The highest BCUT2D eigenvalue weighted by molar-refractivity contribution is 7.10. The molecule has 6 nitrogen and oxygen atoms in total. The lowest BCUT2D eigenvalue weighted by molar-refractivity contribution is 0.400. The Bertz CT molecular complexity index is 522. The number of aromatic nitrogens is 3. The summed E-state index contributed by atoms with van der Waals surface area (Å²) in [4.78, 5) is 5.38. The Morgan fingerprint density at radius 3 is 2.95 bits per heavy atom. The smallest absolute Gasteiger partial charge is 0.138 e. The van der Waals surface area contributed by atoms with Gasteiger partial charge in [0, 0.05) is 12.5 Å². The van der Waals surface area contributed by atoms with Gasteiger partial charge in [0.05, 0.1) is 18.0 Å². The molecule has 0 aliphatic rings. The van der Waals surface area contributed by atoms with E-state index in [1.54, 1.807) is 24.8 Å². The molecule has 0 radical (unpaired) electrons. The van der Waals surface area contributed by atoms with E-state index in [0.717, 1.165) is 16.5 Å². The first kappa shape index (κ1) is 14.0. The van der Waals surface area contributed by atoms with Crippen molar-refractivity contribution in [2.24, 2.45) is 5.84 Å². The van der Waals surface area contributed by atoms with E-state index in [0.29, 0.717) is 6.42 Å². The van der Waals surface area contributed by atoms with Crippen LogP contribution in [-0.2, 0) is 6.42 Å². The summed E-state index contributed by atoms with van der Waals surface area (Å²) < 4.78 is 7.24. The normalized spacial score (nSPS) is 12.9. The summed E-state index contributed by atoms with van der Waals surface area (Å²) >= 11 is 1.62. The van der Waals surface area contributed by atoms with Crippen LogP contribution in [0.4, 0.5) is 0 Å². The molecule has 1 unspecified atom stereocenters. The molecule has 0 saturated carbocycles. The molecule has 0 spiro atoms. The molecular formula is C12H19N5OS. The van der Waals surface area contributed by atoms with Crippen molar-refractivity contribution >= 4 is 11.3 Å². The Balaban J connectivity index is 2.22. The van der Waals surface area contributed by atoms with E-state index in [4.69, 9.17) is 10.6 Å². The molecule has 0 bridgehead atoms. The number of nitrogens with two attached hydrogens (primary N) is 1. The number of nitrogens with zero attached hydrogens (tertiary/aromatic N) is 3. The lowest BCUT2D eigenvalue weighted by atomic mass is 10.1. The second-order valence-corrected chi connectivity index (χ2v) is 5.44. The van der Waals surface area contributed by atoms with E-state index in [-0.39, 0.29) is 12.1 Å². The molecule has 1 atom stereocenters.